The Morgan fingerprint density at radius 1 is 1.50 bits per heavy atom. The summed E-state index contributed by atoms with van der Waals surface area (Å²) in [7, 11) is 0. The Morgan fingerprint density at radius 3 is 3.25 bits per heavy atom. The number of H-pyrrole nitrogens is 1. The van der Waals surface area contributed by atoms with E-state index in [1.54, 1.807) is 6.33 Å². The molecule has 1 fully saturated rings. The van der Waals surface area contributed by atoms with Gasteiger partial charge in [-0.3, -0.25) is 4.79 Å². The average molecular weight is 275 g/mol. The van der Waals surface area contributed by atoms with Crippen molar-refractivity contribution in [2.45, 2.75) is 19.8 Å². The van der Waals surface area contributed by atoms with E-state index in [2.05, 4.69) is 24.8 Å². The lowest BCUT2D eigenvalue weighted by atomic mass is 9.98. The first-order valence-corrected chi connectivity index (χ1v) is 6.85. The van der Waals surface area contributed by atoms with Crippen LogP contribution in [-0.2, 0) is 9.53 Å². The lowest BCUT2D eigenvalue weighted by Crippen LogP contribution is -2.40. The summed E-state index contributed by atoms with van der Waals surface area (Å²) in [6, 6.07) is 0. The third kappa shape index (κ3) is 2.31. The monoisotopic (exact) mass is 275 g/mol. The summed E-state index contributed by atoms with van der Waals surface area (Å²) in [4.78, 5) is 29.6. The molecule has 2 aromatic rings. The van der Waals surface area contributed by atoms with Gasteiger partial charge >= 0.3 is 5.97 Å². The number of hydrogen-bond donors (Lipinski definition) is 1. The van der Waals surface area contributed by atoms with Crippen molar-refractivity contribution in [2.24, 2.45) is 5.92 Å². The van der Waals surface area contributed by atoms with E-state index >= 15 is 0 Å². The van der Waals surface area contributed by atoms with Crippen LogP contribution in [0.1, 0.15) is 19.8 Å². The van der Waals surface area contributed by atoms with Gasteiger partial charge in [0.25, 0.3) is 0 Å². The van der Waals surface area contributed by atoms with E-state index in [4.69, 9.17) is 4.74 Å². The summed E-state index contributed by atoms with van der Waals surface area (Å²) in [5.41, 5.74) is 1.46. The van der Waals surface area contributed by atoms with E-state index in [0.717, 1.165) is 30.7 Å². The smallest absolute Gasteiger partial charge is 0.310 e. The minimum absolute atomic E-state index is 0.0864. The third-order valence-electron chi connectivity index (χ3n) is 3.54. The Bertz CT molecular complexity index is 612. The van der Waals surface area contributed by atoms with Crippen LogP contribution < -0.4 is 4.90 Å². The van der Waals surface area contributed by atoms with Crippen molar-refractivity contribution in [3.05, 3.63) is 12.7 Å². The molecule has 106 valence electrons. The highest BCUT2D eigenvalue weighted by Crippen LogP contribution is 2.26. The van der Waals surface area contributed by atoms with Gasteiger partial charge in [0.05, 0.1) is 18.9 Å². The summed E-state index contributed by atoms with van der Waals surface area (Å²) in [6.07, 6.45) is 4.93. The molecule has 1 aliphatic heterocycles. The molecule has 1 saturated heterocycles. The van der Waals surface area contributed by atoms with Crippen molar-refractivity contribution in [3.8, 4) is 0 Å². The summed E-state index contributed by atoms with van der Waals surface area (Å²) in [5, 5.41) is 0. The van der Waals surface area contributed by atoms with Crippen LogP contribution in [0, 0.1) is 5.92 Å². The first-order chi connectivity index (χ1) is 9.79. The maximum atomic E-state index is 11.9. The van der Waals surface area contributed by atoms with Gasteiger partial charge in [0, 0.05) is 13.1 Å². The van der Waals surface area contributed by atoms with Crippen molar-refractivity contribution in [1.29, 1.82) is 0 Å². The number of fused-ring (bicyclic) bond motifs is 1. The molecule has 0 spiro atoms. The van der Waals surface area contributed by atoms with Crippen molar-refractivity contribution < 1.29 is 9.53 Å². The van der Waals surface area contributed by atoms with Gasteiger partial charge in [-0.2, -0.15) is 0 Å². The van der Waals surface area contributed by atoms with Crippen LogP contribution in [0.5, 0.6) is 0 Å². The summed E-state index contributed by atoms with van der Waals surface area (Å²) < 4.78 is 5.12. The van der Waals surface area contributed by atoms with Gasteiger partial charge in [0.1, 0.15) is 11.8 Å². The second-order valence-electron chi connectivity index (χ2n) is 4.84. The molecule has 3 heterocycles. The highest BCUT2D eigenvalue weighted by molar-refractivity contribution is 5.83. The molecular weight excluding hydrogens is 258 g/mol. The second kappa shape index (κ2) is 5.44. The van der Waals surface area contributed by atoms with Crippen LogP contribution in [0.2, 0.25) is 0 Å². The molecule has 0 aromatic carbocycles. The van der Waals surface area contributed by atoms with Crippen LogP contribution in [0.4, 0.5) is 5.82 Å². The van der Waals surface area contributed by atoms with Crippen LogP contribution >= 0.6 is 0 Å². The zero-order valence-corrected chi connectivity index (χ0v) is 11.4. The fourth-order valence-electron chi connectivity index (χ4n) is 2.61. The molecule has 3 rings (SSSR count). The highest BCUT2D eigenvalue weighted by atomic mass is 16.5. The van der Waals surface area contributed by atoms with Gasteiger partial charge in [-0.15, -0.1) is 0 Å². The topological polar surface area (TPSA) is 84.0 Å². The second-order valence-corrected chi connectivity index (χ2v) is 4.84. The number of ether oxygens (including phenoxy) is 1. The Kier molecular flexibility index (Phi) is 3.49. The van der Waals surface area contributed by atoms with E-state index in [0.29, 0.717) is 18.8 Å². The number of nitrogens with zero attached hydrogens (tertiary/aromatic N) is 4. The van der Waals surface area contributed by atoms with Crippen molar-refractivity contribution in [3.63, 3.8) is 0 Å². The number of aromatic amines is 1. The average Bonchev–Trinajstić information content (AvgIpc) is 2.96. The number of esters is 1. The normalized spacial score (nSPS) is 19.2. The molecule has 0 amide bonds. The van der Waals surface area contributed by atoms with Crippen molar-refractivity contribution in [1.82, 2.24) is 19.9 Å². The van der Waals surface area contributed by atoms with Gasteiger partial charge in [-0.05, 0) is 19.8 Å². The molecule has 7 heteroatoms. The van der Waals surface area contributed by atoms with E-state index < -0.39 is 0 Å². The minimum Gasteiger partial charge on any atom is -0.466 e. The number of carbonyl (C=O) groups is 1. The first-order valence-electron chi connectivity index (χ1n) is 6.85. The predicted molar refractivity (Wildman–Crippen MR) is 73.3 cm³/mol. The van der Waals surface area contributed by atoms with E-state index in [1.165, 1.54) is 6.33 Å². The van der Waals surface area contributed by atoms with Gasteiger partial charge < -0.3 is 14.6 Å². The Labute approximate surface area is 116 Å². The SMILES string of the molecule is CCOC(=O)[C@@H]1CCCN(c2ncnc3nc[nH]c23)C1. The first kappa shape index (κ1) is 12.8. The van der Waals surface area contributed by atoms with Gasteiger partial charge in [-0.25, -0.2) is 15.0 Å². The molecule has 0 aliphatic carbocycles. The largest absolute Gasteiger partial charge is 0.466 e. The van der Waals surface area contributed by atoms with Crippen LogP contribution in [0.3, 0.4) is 0 Å². The van der Waals surface area contributed by atoms with Crippen molar-refractivity contribution >= 4 is 23.0 Å². The fourth-order valence-corrected chi connectivity index (χ4v) is 2.61. The molecule has 2 aromatic heterocycles. The van der Waals surface area contributed by atoms with Crippen molar-refractivity contribution in [2.75, 3.05) is 24.6 Å². The van der Waals surface area contributed by atoms with E-state index in [9.17, 15) is 4.79 Å². The number of anilines is 1. The van der Waals surface area contributed by atoms with Gasteiger partial charge in [-0.1, -0.05) is 0 Å². The Morgan fingerprint density at radius 2 is 2.40 bits per heavy atom. The molecule has 0 radical (unpaired) electrons. The number of nitrogens with one attached hydrogen (secondary N) is 1. The number of imidazole rings is 1. The van der Waals surface area contributed by atoms with Crippen LogP contribution in [0.15, 0.2) is 12.7 Å². The Hall–Kier alpha value is -2.18. The standard InChI is InChI=1S/C13H17N5O2/c1-2-20-13(19)9-4-3-5-18(6-9)12-10-11(15-7-14-10)16-8-17-12/h7-9H,2-6H2,1H3,(H,14,15,16,17)/t9-/m1/s1. The molecular formula is C13H17N5O2. The number of aromatic nitrogens is 4. The number of piperidine rings is 1. The maximum Gasteiger partial charge on any atom is 0.310 e. The van der Waals surface area contributed by atoms with E-state index in [-0.39, 0.29) is 11.9 Å². The minimum atomic E-state index is -0.118. The quantitative estimate of drug-likeness (QED) is 0.845. The van der Waals surface area contributed by atoms with E-state index in [1.807, 2.05) is 6.92 Å². The van der Waals surface area contributed by atoms with Gasteiger partial charge in [0.2, 0.25) is 0 Å². The summed E-state index contributed by atoms with van der Waals surface area (Å²) in [5.74, 6) is 0.602. The zero-order valence-electron chi connectivity index (χ0n) is 11.4. The summed E-state index contributed by atoms with van der Waals surface area (Å²) in [6.45, 7) is 3.76. The number of carbonyl (C=O) groups excluding carboxylic acids is 1. The molecule has 0 saturated carbocycles. The third-order valence-corrected chi connectivity index (χ3v) is 3.54. The lowest BCUT2D eigenvalue weighted by Gasteiger charge is -2.32. The molecule has 0 bridgehead atoms. The van der Waals surface area contributed by atoms with Crippen LogP contribution in [0.25, 0.3) is 11.2 Å². The van der Waals surface area contributed by atoms with Crippen LogP contribution in [-0.4, -0.2) is 45.6 Å². The fraction of sp³-hybridized carbons (Fsp3) is 0.538. The Balaban J connectivity index is 1.83. The zero-order chi connectivity index (χ0) is 13.9. The maximum absolute atomic E-state index is 11.9. The molecule has 1 N–H and O–H groups in total. The molecule has 0 unspecified atom stereocenters. The summed E-state index contributed by atoms with van der Waals surface area (Å²) >= 11 is 0. The molecule has 1 aliphatic rings. The predicted octanol–water partition coefficient (Wildman–Crippen LogP) is 1.13. The lowest BCUT2D eigenvalue weighted by molar-refractivity contribution is -0.148. The molecule has 1 atom stereocenters. The number of hydrogen-bond acceptors (Lipinski definition) is 6. The molecule has 7 nitrogen and oxygen atoms in total. The molecule has 20 heavy (non-hydrogen) atoms. The highest BCUT2D eigenvalue weighted by Gasteiger charge is 2.28. The van der Waals surface area contributed by atoms with Gasteiger partial charge in [0.15, 0.2) is 11.5 Å². The number of rotatable bonds is 3.